The summed E-state index contributed by atoms with van der Waals surface area (Å²) >= 11 is 1.70. The fourth-order valence-electron chi connectivity index (χ4n) is 1.38. The predicted molar refractivity (Wildman–Crippen MR) is 72.8 cm³/mol. The second-order valence-electron chi connectivity index (χ2n) is 4.91. The highest BCUT2D eigenvalue weighted by Crippen LogP contribution is 2.30. The molecule has 3 N–H and O–H groups in total. The lowest BCUT2D eigenvalue weighted by Gasteiger charge is -2.22. The number of hydrazine groups is 1. The smallest absolute Gasteiger partial charge is 0.240 e. The first-order valence-electron chi connectivity index (χ1n) is 5.58. The van der Waals surface area contributed by atoms with Gasteiger partial charge >= 0.3 is 0 Å². The normalized spacial score (nSPS) is 11.4. The zero-order valence-corrected chi connectivity index (χ0v) is 11.6. The van der Waals surface area contributed by atoms with Gasteiger partial charge in [0.2, 0.25) is 5.91 Å². The maximum Gasteiger partial charge on any atom is 0.240 e. The summed E-state index contributed by atoms with van der Waals surface area (Å²) < 4.78 is 0. The Kier molecular flexibility index (Phi) is 4.60. The zero-order chi connectivity index (χ0) is 13.1. The standard InChI is InChI=1S/C13H20N2OS/c1-9-5-6-10(2)11(7-9)17-8-13(3,4)12(16)15-14/h5-7H,8,14H2,1-4H3,(H,15,16). The SMILES string of the molecule is Cc1ccc(C)c(SCC(C)(C)C(=O)NN)c1. The molecule has 1 aromatic carbocycles. The Balaban J connectivity index is 2.73. The Morgan fingerprint density at radius 2 is 2.06 bits per heavy atom. The molecule has 4 heteroatoms. The highest BCUT2D eigenvalue weighted by Gasteiger charge is 2.27. The molecular formula is C13H20N2OS. The lowest BCUT2D eigenvalue weighted by molar-refractivity contribution is -0.128. The van der Waals surface area contributed by atoms with Crippen LogP contribution in [0.1, 0.15) is 25.0 Å². The van der Waals surface area contributed by atoms with Crippen molar-refractivity contribution in [2.45, 2.75) is 32.6 Å². The van der Waals surface area contributed by atoms with E-state index in [1.165, 1.54) is 16.0 Å². The van der Waals surface area contributed by atoms with E-state index in [2.05, 4.69) is 37.5 Å². The van der Waals surface area contributed by atoms with Gasteiger partial charge in [0.05, 0.1) is 5.41 Å². The van der Waals surface area contributed by atoms with Crippen LogP contribution in [-0.4, -0.2) is 11.7 Å². The Bertz CT molecular complexity index is 416. The molecule has 17 heavy (non-hydrogen) atoms. The Hall–Kier alpha value is -1.00. The van der Waals surface area contributed by atoms with Gasteiger partial charge in [0.25, 0.3) is 0 Å². The van der Waals surface area contributed by atoms with Gasteiger partial charge in [-0.15, -0.1) is 11.8 Å². The molecule has 94 valence electrons. The molecule has 0 heterocycles. The molecule has 1 aromatic rings. The van der Waals surface area contributed by atoms with Crippen molar-refractivity contribution in [1.29, 1.82) is 0 Å². The summed E-state index contributed by atoms with van der Waals surface area (Å²) in [5.41, 5.74) is 4.23. The van der Waals surface area contributed by atoms with E-state index >= 15 is 0 Å². The van der Waals surface area contributed by atoms with Crippen LogP contribution in [0.2, 0.25) is 0 Å². The molecule has 0 spiro atoms. The summed E-state index contributed by atoms with van der Waals surface area (Å²) in [6, 6.07) is 6.35. The quantitative estimate of drug-likeness (QED) is 0.374. The lowest BCUT2D eigenvalue weighted by atomic mass is 9.96. The van der Waals surface area contributed by atoms with Gasteiger partial charge in [-0.25, -0.2) is 5.84 Å². The number of rotatable bonds is 4. The number of aryl methyl sites for hydroxylation is 2. The van der Waals surface area contributed by atoms with Gasteiger partial charge < -0.3 is 0 Å². The van der Waals surface area contributed by atoms with Gasteiger partial charge in [0, 0.05) is 10.6 Å². The number of hydrogen-bond acceptors (Lipinski definition) is 3. The lowest BCUT2D eigenvalue weighted by Crippen LogP contribution is -2.42. The second kappa shape index (κ2) is 5.56. The molecule has 0 aliphatic rings. The molecule has 1 rings (SSSR count). The summed E-state index contributed by atoms with van der Waals surface area (Å²) in [4.78, 5) is 12.8. The molecule has 0 radical (unpaired) electrons. The summed E-state index contributed by atoms with van der Waals surface area (Å²) in [5, 5.41) is 0. The predicted octanol–water partition coefficient (Wildman–Crippen LogP) is 2.41. The largest absolute Gasteiger partial charge is 0.294 e. The van der Waals surface area contributed by atoms with E-state index in [0.717, 1.165) is 0 Å². The van der Waals surface area contributed by atoms with Crippen LogP contribution in [0.5, 0.6) is 0 Å². The maximum absolute atomic E-state index is 11.6. The first-order chi connectivity index (χ1) is 7.86. The van der Waals surface area contributed by atoms with E-state index in [4.69, 9.17) is 5.84 Å². The molecule has 0 fully saturated rings. The second-order valence-corrected chi connectivity index (χ2v) is 5.93. The number of nitrogens with two attached hydrogens (primary N) is 1. The van der Waals surface area contributed by atoms with Crippen LogP contribution >= 0.6 is 11.8 Å². The summed E-state index contributed by atoms with van der Waals surface area (Å²) in [6.45, 7) is 7.94. The number of amides is 1. The number of nitrogens with one attached hydrogen (secondary N) is 1. The van der Waals surface area contributed by atoms with Gasteiger partial charge in [-0.3, -0.25) is 10.2 Å². The van der Waals surface area contributed by atoms with Crippen molar-refractivity contribution in [3.8, 4) is 0 Å². The minimum absolute atomic E-state index is 0.129. The number of hydrogen-bond donors (Lipinski definition) is 2. The molecule has 0 aliphatic heterocycles. The Morgan fingerprint density at radius 1 is 1.41 bits per heavy atom. The molecule has 0 bridgehead atoms. The van der Waals surface area contributed by atoms with E-state index < -0.39 is 5.41 Å². The van der Waals surface area contributed by atoms with Crippen LogP contribution in [0.15, 0.2) is 23.1 Å². The number of thioether (sulfide) groups is 1. The summed E-state index contributed by atoms with van der Waals surface area (Å²) in [6.07, 6.45) is 0. The van der Waals surface area contributed by atoms with Crippen LogP contribution in [0.3, 0.4) is 0 Å². The molecule has 1 amide bonds. The first-order valence-corrected chi connectivity index (χ1v) is 6.56. The van der Waals surface area contributed by atoms with Gasteiger partial charge in [-0.2, -0.15) is 0 Å². The van der Waals surface area contributed by atoms with E-state index in [-0.39, 0.29) is 5.91 Å². The average molecular weight is 252 g/mol. The summed E-state index contributed by atoms with van der Waals surface area (Å²) in [7, 11) is 0. The molecule has 0 aliphatic carbocycles. The molecule has 0 saturated carbocycles. The molecule has 0 aromatic heterocycles. The van der Waals surface area contributed by atoms with Crippen LogP contribution in [0, 0.1) is 19.3 Å². The minimum Gasteiger partial charge on any atom is -0.294 e. The Labute approximate surface area is 107 Å². The maximum atomic E-state index is 11.6. The fraction of sp³-hybridized carbons (Fsp3) is 0.462. The van der Waals surface area contributed by atoms with Gasteiger partial charge in [-0.05, 0) is 25.5 Å². The van der Waals surface area contributed by atoms with Crippen molar-refractivity contribution in [3.63, 3.8) is 0 Å². The van der Waals surface area contributed by atoms with Crippen molar-refractivity contribution in [1.82, 2.24) is 5.43 Å². The van der Waals surface area contributed by atoms with E-state index in [1.807, 2.05) is 13.8 Å². The van der Waals surface area contributed by atoms with Crippen LogP contribution in [0.25, 0.3) is 0 Å². The Morgan fingerprint density at radius 3 is 2.65 bits per heavy atom. The number of carbonyl (C=O) groups is 1. The zero-order valence-electron chi connectivity index (χ0n) is 10.8. The third kappa shape index (κ3) is 3.75. The number of benzene rings is 1. The van der Waals surface area contributed by atoms with Gasteiger partial charge in [0.1, 0.15) is 0 Å². The van der Waals surface area contributed by atoms with Crippen molar-refractivity contribution in [3.05, 3.63) is 29.3 Å². The highest BCUT2D eigenvalue weighted by atomic mass is 32.2. The van der Waals surface area contributed by atoms with Crippen LogP contribution in [-0.2, 0) is 4.79 Å². The molecular weight excluding hydrogens is 232 g/mol. The minimum atomic E-state index is -0.463. The monoisotopic (exact) mass is 252 g/mol. The number of carbonyl (C=O) groups excluding carboxylic acids is 1. The van der Waals surface area contributed by atoms with E-state index in [0.29, 0.717) is 5.75 Å². The topological polar surface area (TPSA) is 55.1 Å². The van der Waals surface area contributed by atoms with Crippen molar-refractivity contribution >= 4 is 17.7 Å². The molecule has 3 nitrogen and oxygen atoms in total. The highest BCUT2D eigenvalue weighted by molar-refractivity contribution is 7.99. The van der Waals surface area contributed by atoms with Gasteiger partial charge in [-0.1, -0.05) is 31.5 Å². The molecule has 0 saturated heterocycles. The fourth-order valence-corrected chi connectivity index (χ4v) is 2.59. The van der Waals surface area contributed by atoms with Crippen molar-refractivity contribution in [2.75, 3.05) is 5.75 Å². The van der Waals surface area contributed by atoms with Crippen molar-refractivity contribution < 1.29 is 4.79 Å². The van der Waals surface area contributed by atoms with E-state index in [9.17, 15) is 4.79 Å². The average Bonchev–Trinajstić information content (AvgIpc) is 2.29. The third-order valence-electron chi connectivity index (χ3n) is 2.68. The molecule has 0 atom stereocenters. The third-order valence-corrected chi connectivity index (χ3v) is 4.29. The summed E-state index contributed by atoms with van der Waals surface area (Å²) in [5.74, 6) is 5.75. The molecule has 0 unspecified atom stereocenters. The van der Waals surface area contributed by atoms with Crippen LogP contribution < -0.4 is 11.3 Å². The van der Waals surface area contributed by atoms with E-state index in [1.54, 1.807) is 11.8 Å². The van der Waals surface area contributed by atoms with Crippen molar-refractivity contribution in [2.24, 2.45) is 11.3 Å². The van der Waals surface area contributed by atoms with Crippen LogP contribution in [0.4, 0.5) is 0 Å². The first kappa shape index (κ1) is 14.1. The van der Waals surface area contributed by atoms with Gasteiger partial charge in [0.15, 0.2) is 0 Å².